The summed E-state index contributed by atoms with van der Waals surface area (Å²) >= 11 is 0. The normalized spacial score (nSPS) is 10.3. The van der Waals surface area contributed by atoms with Gasteiger partial charge in [-0.25, -0.2) is 0 Å². The number of nitrogens with zero attached hydrogens (tertiary/aromatic N) is 1. The van der Waals surface area contributed by atoms with Crippen molar-refractivity contribution in [3.05, 3.63) is 82.7 Å². The zero-order valence-electron chi connectivity index (χ0n) is 16.9. The minimum absolute atomic E-state index is 0.162. The van der Waals surface area contributed by atoms with Crippen LogP contribution in [0.1, 0.15) is 37.5 Å². The molecule has 1 heterocycles. The molecule has 6 nitrogen and oxygen atoms in total. The van der Waals surface area contributed by atoms with Crippen LogP contribution in [0.3, 0.4) is 0 Å². The van der Waals surface area contributed by atoms with Gasteiger partial charge >= 0.3 is 0 Å². The molecule has 0 aliphatic rings. The molecule has 0 saturated heterocycles. The van der Waals surface area contributed by atoms with E-state index >= 15 is 0 Å². The van der Waals surface area contributed by atoms with Gasteiger partial charge in [0.1, 0.15) is 11.4 Å². The molecule has 29 heavy (non-hydrogen) atoms. The van der Waals surface area contributed by atoms with E-state index < -0.39 is 0 Å². The monoisotopic (exact) mass is 389 g/mol. The number of aromatic nitrogens is 1. The summed E-state index contributed by atoms with van der Waals surface area (Å²) in [5.74, 6) is -0.163. The van der Waals surface area contributed by atoms with Crippen molar-refractivity contribution in [3.8, 4) is 5.75 Å². The van der Waals surface area contributed by atoms with Gasteiger partial charge in [-0.2, -0.15) is 0 Å². The van der Waals surface area contributed by atoms with Crippen LogP contribution in [0.15, 0.2) is 54.7 Å². The highest BCUT2D eigenvalue weighted by atomic mass is 16.5. The molecule has 0 fully saturated rings. The van der Waals surface area contributed by atoms with E-state index in [-0.39, 0.29) is 17.5 Å². The van der Waals surface area contributed by atoms with Gasteiger partial charge in [-0.05, 0) is 67.8 Å². The van der Waals surface area contributed by atoms with E-state index in [1.54, 1.807) is 19.2 Å². The molecule has 6 heteroatoms. The first-order chi connectivity index (χ1) is 13.9. The first-order valence-corrected chi connectivity index (χ1v) is 9.18. The smallest absolute Gasteiger partial charge is 0.274 e. The molecule has 0 spiro atoms. The molecule has 148 valence electrons. The molecule has 0 radical (unpaired) electrons. The fourth-order valence-electron chi connectivity index (χ4n) is 2.87. The molecule has 2 aromatic carbocycles. The van der Waals surface area contributed by atoms with E-state index in [1.165, 1.54) is 12.3 Å². The van der Waals surface area contributed by atoms with Gasteiger partial charge in [-0.3, -0.25) is 14.6 Å². The number of rotatable bonds is 5. The minimum atomic E-state index is -0.374. The number of ether oxygens (including phenoxy) is 1. The Hall–Kier alpha value is -3.67. The molecule has 2 N–H and O–H groups in total. The lowest BCUT2D eigenvalue weighted by Gasteiger charge is -2.12. The first-order valence-electron chi connectivity index (χ1n) is 9.18. The van der Waals surface area contributed by atoms with Crippen LogP contribution in [0.5, 0.6) is 5.75 Å². The SMILES string of the molecule is COc1ccc(C)cc1NC(=O)c1ccnc(C(=O)Nc2cc(C)ccc2C)c1. The minimum Gasteiger partial charge on any atom is -0.495 e. The number of amides is 2. The van der Waals surface area contributed by atoms with Gasteiger partial charge < -0.3 is 15.4 Å². The van der Waals surface area contributed by atoms with Gasteiger partial charge in [0.2, 0.25) is 0 Å². The van der Waals surface area contributed by atoms with Gasteiger partial charge in [0, 0.05) is 17.4 Å². The van der Waals surface area contributed by atoms with Crippen LogP contribution in [0.2, 0.25) is 0 Å². The highest BCUT2D eigenvalue weighted by molar-refractivity contribution is 6.08. The number of hydrogen-bond acceptors (Lipinski definition) is 4. The van der Waals surface area contributed by atoms with Crippen LogP contribution in [0.25, 0.3) is 0 Å². The highest BCUT2D eigenvalue weighted by Gasteiger charge is 2.15. The second-order valence-corrected chi connectivity index (χ2v) is 6.86. The number of aryl methyl sites for hydroxylation is 3. The third kappa shape index (κ3) is 4.79. The summed E-state index contributed by atoms with van der Waals surface area (Å²) in [7, 11) is 1.54. The van der Waals surface area contributed by atoms with Crippen molar-refractivity contribution in [3.63, 3.8) is 0 Å². The van der Waals surface area contributed by atoms with Gasteiger partial charge in [0.15, 0.2) is 0 Å². The number of methoxy groups -OCH3 is 1. The summed E-state index contributed by atoms with van der Waals surface area (Å²) in [6.07, 6.45) is 1.44. The summed E-state index contributed by atoms with van der Waals surface area (Å²) in [5.41, 5.74) is 4.75. The molecule has 0 unspecified atom stereocenters. The van der Waals surface area contributed by atoms with E-state index in [9.17, 15) is 9.59 Å². The van der Waals surface area contributed by atoms with Crippen molar-refractivity contribution in [1.82, 2.24) is 4.98 Å². The third-order valence-electron chi connectivity index (χ3n) is 4.50. The van der Waals surface area contributed by atoms with Crippen molar-refractivity contribution in [2.75, 3.05) is 17.7 Å². The Balaban J connectivity index is 1.80. The average Bonchev–Trinajstić information content (AvgIpc) is 2.71. The van der Waals surface area contributed by atoms with Crippen LogP contribution >= 0.6 is 0 Å². The van der Waals surface area contributed by atoms with E-state index in [0.29, 0.717) is 17.0 Å². The number of nitrogens with one attached hydrogen (secondary N) is 2. The van der Waals surface area contributed by atoms with E-state index in [4.69, 9.17) is 4.74 Å². The zero-order chi connectivity index (χ0) is 21.0. The lowest BCUT2D eigenvalue weighted by Crippen LogP contribution is -2.17. The Morgan fingerprint density at radius 3 is 2.21 bits per heavy atom. The van der Waals surface area contributed by atoms with Gasteiger partial charge in [-0.1, -0.05) is 18.2 Å². The molecular formula is C23H23N3O3. The van der Waals surface area contributed by atoms with Crippen LogP contribution < -0.4 is 15.4 Å². The van der Waals surface area contributed by atoms with Crippen LogP contribution in [0.4, 0.5) is 11.4 Å². The van der Waals surface area contributed by atoms with Crippen molar-refractivity contribution in [2.24, 2.45) is 0 Å². The quantitative estimate of drug-likeness (QED) is 0.672. The maximum atomic E-state index is 12.7. The van der Waals surface area contributed by atoms with E-state index in [2.05, 4.69) is 15.6 Å². The van der Waals surface area contributed by atoms with Gasteiger partial charge in [-0.15, -0.1) is 0 Å². The molecule has 0 bridgehead atoms. The molecule has 0 aliphatic heterocycles. The maximum absolute atomic E-state index is 12.7. The van der Waals surface area contributed by atoms with Crippen LogP contribution in [0, 0.1) is 20.8 Å². The van der Waals surface area contributed by atoms with Crippen LogP contribution in [-0.2, 0) is 0 Å². The standard InChI is InChI=1S/C23H23N3O3/c1-14-5-7-16(3)18(11-14)25-23(28)20-13-17(9-10-24-20)22(27)26-19-12-15(2)6-8-21(19)29-4/h5-13H,1-4H3,(H,25,28)(H,26,27). The zero-order valence-corrected chi connectivity index (χ0v) is 16.9. The first kappa shape index (κ1) is 20.1. The molecule has 0 atom stereocenters. The maximum Gasteiger partial charge on any atom is 0.274 e. The molecule has 0 saturated carbocycles. The van der Waals surface area contributed by atoms with Crippen molar-refractivity contribution >= 4 is 23.2 Å². The number of pyridine rings is 1. The predicted octanol–water partition coefficient (Wildman–Crippen LogP) is 4.52. The molecule has 3 rings (SSSR count). The molecule has 1 aromatic heterocycles. The fourth-order valence-corrected chi connectivity index (χ4v) is 2.87. The second kappa shape index (κ2) is 8.56. The largest absolute Gasteiger partial charge is 0.495 e. The number of hydrogen-bond donors (Lipinski definition) is 2. The number of carbonyl (C=O) groups is 2. The summed E-state index contributed by atoms with van der Waals surface area (Å²) in [5, 5.41) is 5.68. The Morgan fingerprint density at radius 1 is 0.828 bits per heavy atom. The third-order valence-corrected chi connectivity index (χ3v) is 4.50. The van der Waals surface area contributed by atoms with Gasteiger partial charge in [0.25, 0.3) is 11.8 Å². The lowest BCUT2D eigenvalue weighted by molar-refractivity contribution is 0.102. The second-order valence-electron chi connectivity index (χ2n) is 6.86. The summed E-state index contributed by atoms with van der Waals surface area (Å²) < 4.78 is 5.30. The summed E-state index contributed by atoms with van der Waals surface area (Å²) in [6.45, 7) is 5.80. The van der Waals surface area contributed by atoms with Crippen LogP contribution in [-0.4, -0.2) is 23.9 Å². The summed E-state index contributed by atoms with van der Waals surface area (Å²) in [6, 6.07) is 14.4. The molecule has 0 aliphatic carbocycles. The van der Waals surface area contributed by atoms with Gasteiger partial charge in [0.05, 0.1) is 12.8 Å². The van der Waals surface area contributed by atoms with Crippen molar-refractivity contribution in [1.29, 1.82) is 0 Å². The summed E-state index contributed by atoms with van der Waals surface area (Å²) in [4.78, 5) is 29.4. The molecular weight excluding hydrogens is 366 g/mol. The Bertz CT molecular complexity index is 1080. The topological polar surface area (TPSA) is 80.3 Å². The Morgan fingerprint density at radius 2 is 1.48 bits per heavy atom. The highest BCUT2D eigenvalue weighted by Crippen LogP contribution is 2.26. The number of anilines is 2. The Labute approximate surface area is 169 Å². The average molecular weight is 389 g/mol. The molecule has 3 aromatic rings. The Kier molecular flexibility index (Phi) is 5.93. The number of benzene rings is 2. The molecule has 2 amide bonds. The van der Waals surface area contributed by atoms with E-state index in [0.717, 1.165) is 22.4 Å². The fraction of sp³-hybridized carbons (Fsp3) is 0.174. The predicted molar refractivity (Wildman–Crippen MR) is 114 cm³/mol. The lowest BCUT2D eigenvalue weighted by atomic mass is 10.1. The van der Waals surface area contributed by atoms with Crippen molar-refractivity contribution in [2.45, 2.75) is 20.8 Å². The van der Waals surface area contributed by atoms with Crippen molar-refractivity contribution < 1.29 is 14.3 Å². The number of carbonyl (C=O) groups excluding carboxylic acids is 2. The van der Waals surface area contributed by atoms with E-state index in [1.807, 2.05) is 51.1 Å².